The molecule has 8 nitrogen and oxygen atoms in total. The number of piperazine rings is 1. The van der Waals surface area contributed by atoms with Gasteiger partial charge in [-0.05, 0) is 28.1 Å². The molecule has 0 N–H and O–H groups in total. The van der Waals surface area contributed by atoms with Crippen LogP contribution in [0.2, 0.25) is 0 Å². The van der Waals surface area contributed by atoms with Gasteiger partial charge in [-0.3, -0.25) is 14.9 Å². The van der Waals surface area contributed by atoms with Crippen LogP contribution in [0.1, 0.15) is 10.4 Å². The van der Waals surface area contributed by atoms with Crippen LogP contribution < -0.4 is 0 Å². The molecule has 1 fully saturated rings. The van der Waals surface area contributed by atoms with E-state index in [1.165, 1.54) is 39.9 Å². The van der Waals surface area contributed by atoms with E-state index in [1.54, 1.807) is 16.3 Å². The van der Waals surface area contributed by atoms with Crippen LogP contribution in [0.4, 0.5) is 5.69 Å². The Balaban J connectivity index is 1.75. The van der Waals surface area contributed by atoms with Crippen LogP contribution in [0.15, 0.2) is 44.4 Å². The first-order chi connectivity index (χ1) is 12.3. The van der Waals surface area contributed by atoms with Gasteiger partial charge >= 0.3 is 0 Å². The number of nitro benzene ring substituents is 1. The third-order valence-electron chi connectivity index (χ3n) is 4.02. The molecular weight excluding hydrogens is 446 g/mol. The lowest BCUT2D eigenvalue weighted by Crippen LogP contribution is -2.50. The Morgan fingerprint density at radius 3 is 2.42 bits per heavy atom. The summed E-state index contributed by atoms with van der Waals surface area (Å²) < 4.78 is 27.6. The molecule has 1 amide bonds. The van der Waals surface area contributed by atoms with E-state index < -0.39 is 20.6 Å². The van der Waals surface area contributed by atoms with Crippen molar-refractivity contribution in [1.29, 1.82) is 0 Å². The molecule has 1 aliphatic rings. The standard InChI is InChI=1S/C15H14BrN3O5S2/c16-14-9-11(10-25-14)15(20)17-5-7-18(8-6-17)26(23,24)13-4-2-1-3-12(13)19(21)22/h1-4,9-10H,5-8H2. The van der Waals surface area contributed by atoms with Crippen LogP contribution in [-0.2, 0) is 10.0 Å². The van der Waals surface area contributed by atoms with E-state index >= 15 is 0 Å². The van der Waals surface area contributed by atoms with Gasteiger partial charge in [-0.1, -0.05) is 12.1 Å². The van der Waals surface area contributed by atoms with Gasteiger partial charge in [0, 0.05) is 37.6 Å². The first kappa shape index (κ1) is 19.0. The number of hydrogen-bond acceptors (Lipinski definition) is 6. The summed E-state index contributed by atoms with van der Waals surface area (Å²) in [6.45, 7) is 0.634. The summed E-state index contributed by atoms with van der Waals surface area (Å²) >= 11 is 4.71. The third kappa shape index (κ3) is 3.65. The number of nitro groups is 1. The average Bonchev–Trinajstić information content (AvgIpc) is 3.07. The van der Waals surface area contributed by atoms with E-state index in [0.717, 1.165) is 3.79 Å². The van der Waals surface area contributed by atoms with E-state index in [2.05, 4.69) is 15.9 Å². The van der Waals surface area contributed by atoms with Crippen molar-refractivity contribution in [2.75, 3.05) is 26.2 Å². The number of halogens is 1. The fourth-order valence-electron chi connectivity index (χ4n) is 2.70. The second-order valence-electron chi connectivity index (χ2n) is 5.56. The minimum atomic E-state index is -4.00. The highest BCUT2D eigenvalue weighted by atomic mass is 79.9. The van der Waals surface area contributed by atoms with Gasteiger partial charge in [-0.2, -0.15) is 4.31 Å². The van der Waals surface area contributed by atoms with E-state index in [9.17, 15) is 23.3 Å². The minimum absolute atomic E-state index is 0.0887. The second-order valence-corrected chi connectivity index (χ2v) is 9.76. The fraction of sp³-hybridized carbons (Fsp3) is 0.267. The Labute approximate surface area is 162 Å². The lowest BCUT2D eigenvalue weighted by molar-refractivity contribution is -0.387. The van der Waals surface area contributed by atoms with Crippen molar-refractivity contribution in [2.45, 2.75) is 4.90 Å². The summed E-state index contributed by atoms with van der Waals surface area (Å²) in [5.41, 5.74) is 0.103. The summed E-state index contributed by atoms with van der Waals surface area (Å²) in [4.78, 5) is 24.1. The number of carbonyl (C=O) groups is 1. The van der Waals surface area contributed by atoms with Gasteiger partial charge < -0.3 is 4.90 Å². The molecule has 3 rings (SSSR count). The molecule has 0 spiro atoms. The molecule has 1 aromatic heterocycles. The fourth-order valence-corrected chi connectivity index (χ4v) is 5.41. The number of benzene rings is 1. The molecule has 0 saturated carbocycles. The first-order valence-electron chi connectivity index (χ1n) is 7.57. The molecule has 11 heteroatoms. The quantitative estimate of drug-likeness (QED) is 0.516. The van der Waals surface area contributed by atoms with Crippen LogP contribution in [-0.4, -0.2) is 54.6 Å². The zero-order chi connectivity index (χ0) is 18.9. The molecule has 2 heterocycles. The molecule has 0 bridgehead atoms. The topological polar surface area (TPSA) is 101 Å². The maximum Gasteiger partial charge on any atom is 0.289 e. The largest absolute Gasteiger partial charge is 0.336 e. The molecule has 1 saturated heterocycles. The van der Waals surface area contributed by atoms with Gasteiger partial charge in [-0.25, -0.2) is 8.42 Å². The number of nitrogens with zero attached hydrogens (tertiary/aromatic N) is 3. The van der Waals surface area contributed by atoms with Gasteiger partial charge in [0.15, 0.2) is 4.90 Å². The van der Waals surface area contributed by atoms with Gasteiger partial charge in [0.25, 0.3) is 11.6 Å². The molecule has 0 atom stereocenters. The van der Waals surface area contributed by atoms with Crippen LogP contribution >= 0.6 is 27.3 Å². The molecule has 1 aliphatic heterocycles. The molecular formula is C15H14BrN3O5S2. The summed E-state index contributed by atoms with van der Waals surface area (Å²) in [6.07, 6.45) is 0. The maximum atomic E-state index is 12.8. The van der Waals surface area contributed by atoms with Gasteiger partial charge in [0.05, 0.1) is 14.3 Å². The summed E-state index contributed by atoms with van der Waals surface area (Å²) in [7, 11) is -4.00. The van der Waals surface area contributed by atoms with E-state index in [1.807, 2.05) is 0 Å². The maximum absolute atomic E-state index is 12.8. The second kappa shape index (κ2) is 7.43. The first-order valence-corrected chi connectivity index (χ1v) is 10.7. The monoisotopic (exact) mass is 459 g/mol. The van der Waals surface area contributed by atoms with Gasteiger partial charge in [0.2, 0.25) is 10.0 Å². The van der Waals surface area contributed by atoms with Crippen LogP contribution in [0.25, 0.3) is 0 Å². The number of hydrogen-bond donors (Lipinski definition) is 0. The highest BCUT2D eigenvalue weighted by Crippen LogP contribution is 2.27. The van der Waals surface area contributed by atoms with Gasteiger partial charge in [0.1, 0.15) is 0 Å². The zero-order valence-corrected chi connectivity index (χ0v) is 16.6. The summed E-state index contributed by atoms with van der Waals surface area (Å²) in [5, 5.41) is 12.9. The number of thiophene rings is 1. The number of amides is 1. The van der Waals surface area contributed by atoms with E-state index in [0.29, 0.717) is 5.56 Å². The smallest absolute Gasteiger partial charge is 0.289 e. The molecule has 2 aromatic rings. The van der Waals surface area contributed by atoms with E-state index in [-0.39, 0.29) is 37.0 Å². The van der Waals surface area contributed by atoms with Crippen LogP contribution in [0.3, 0.4) is 0 Å². The van der Waals surface area contributed by atoms with Crippen LogP contribution in [0.5, 0.6) is 0 Å². The molecule has 0 aliphatic carbocycles. The Morgan fingerprint density at radius 1 is 1.19 bits per heavy atom. The van der Waals surface area contributed by atoms with E-state index in [4.69, 9.17) is 0 Å². The normalized spacial score (nSPS) is 15.8. The molecule has 138 valence electrons. The van der Waals surface area contributed by atoms with Crippen LogP contribution in [0, 0.1) is 10.1 Å². The van der Waals surface area contributed by atoms with Crippen molar-refractivity contribution in [3.05, 3.63) is 55.2 Å². The van der Waals surface area contributed by atoms with Crippen molar-refractivity contribution in [3.8, 4) is 0 Å². The lowest BCUT2D eigenvalue weighted by Gasteiger charge is -2.33. The Kier molecular flexibility index (Phi) is 5.42. The average molecular weight is 460 g/mol. The predicted octanol–water partition coefficient (Wildman–Crippen LogP) is 2.57. The number of rotatable bonds is 4. The summed E-state index contributed by atoms with van der Waals surface area (Å²) in [6, 6.07) is 7.00. The Hall–Kier alpha value is -1.82. The Morgan fingerprint density at radius 2 is 1.85 bits per heavy atom. The number of sulfonamides is 1. The van der Waals surface area contributed by atoms with Crippen molar-refractivity contribution >= 4 is 48.9 Å². The van der Waals surface area contributed by atoms with Crippen molar-refractivity contribution in [2.24, 2.45) is 0 Å². The number of carbonyl (C=O) groups excluding carboxylic acids is 1. The molecule has 26 heavy (non-hydrogen) atoms. The molecule has 1 aromatic carbocycles. The number of para-hydroxylation sites is 1. The zero-order valence-electron chi connectivity index (χ0n) is 13.4. The molecule has 0 unspecified atom stereocenters. The molecule has 0 radical (unpaired) electrons. The summed E-state index contributed by atoms with van der Waals surface area (Å²) in [5.74, 6) is -0.158. The minimum Gasteiger partial charge on any atom is -0.336 e. The Bertz CT molecular complexity index is 952. The predicted molar refractivity (Wildman–Crippen MR) is 99.8 cm³/mol. The van der Waals surface area contributed by atoms with Crippen molar-refractivity contribution < 1.29 is 18.1 Å². The van der Waals surface area contributed by atoms with Crippen molar-refractivity contribution in [3.63, 3.8) is 0 Å². The highest BCUT2D eigenvalue weighted by Gasteiger charge is 2.34. The van der Waals surface area contributed by atoms with Crippen molar-refractivity contribution in [1.82, 2.24) is 9.21 Å². The van der Waals surface area contributed by atoms with Gasteiger partial charge in [-0.15, -0.1) is 11.3 Å². The third-order valence-corrected chi connectivity index (χ3v) is 7.47. The lowest BCUT2D eigenvalue weighted by atomic mass is 10.2. The SMILES string of the molecule is O=C(c1csc(Br)c1)N1CCN(S(=O)(=O)c2ccccc2[N+](=O)[O-])CC1. The highest BCUT2D eigenvalue weighted by molar-refractivity contribution is 9.11.